The molecule has 0 aromatic heterocycles. The van der Waals surface area contributed by atoms with Crippen LogP contribution >= 0.6 is 11.6 Å². The standard InChI is InChI=1S/C42H57ClO5.C2H6/c1-6-32-33-12-7-9-24-42(33,5)35-23-25-41(4)29(17-22-34(41)36(35)38(32)45)11-8-10-26-47-39(46)40(2,3)48-31-20-15-28(16-21-31)37(44)27-13-18-30(43)19-14-27;1-2/h13-16,18-21,29,32-36,38,45H,6-12,17,22-26H2,1-5H3;1-2H3. The van der Waals surface area contributed by atoms with Gasteiger partial charge in [0, 0.05) is 16.1 Å². The molecule has 2 aromatic rings. The minimum atomic E-state index is -1.16. The number of rotatable bonds is 11. The fourth-order valence-corrected chi connectivity index (χ4v) is 11.4. The van der Waals surface area contributed by atoms with Crippen LogP contribution in [-0.4, -0.2) is 35.2 Å². The smallest absolute Gasteiger partial charge is 0.349 e. The quantitative estimate of drug-likeness (QED) is 0.143. The molecule has 0 bridgehead atoms. The van der Waals surface area contributed by atoms with Crippen molar-refractivity contribution < 1.29 is 24.2 Å². The molecule has 0 aliphatic heterocycles. The zero-order valence-electron chi connectivity index (χ0n) is 31.8. The molecular formula is C44H63ClO5. The number of hydrogen-bond donors (Lipinski definition) is 1. The summed E-state index contributed by atoms with van der Waals surface area (Å²) in [4.78, 5) is 25.8. The summed E-state index contributed by atoms with van der Waals surface area (Å²) in [5.41, 5.74) is 0.653. The normalized spacial score (nSPS) is 33.2. The largest absolute Gasteiger partial charge is 0.476 e. The maximum absolute atomic E-state index is 13.0. The van der Waals surface area contributed by atoms with Crippen LogP contribution in [0.15, 0.2) is 48.5 Å². The van der Waals surface area contributed by atoms with Crippen LogP contribution in [0.2, 0.25) is 5.02 Å². The first-order valence-electron chi connectivity index (χ1n) is 19.8. The zero-order valence-corrected chi connectivity index (χ0v) is 32.6. The zero-order chi connectivity index (χ0) is 36.3. The third-order valence-electron chi connectivity index (χ3n) is 13.8. The van der Waals surface area contributed by atoms with Gasteiger partial charge < -0.3 is 14.6 Å². The van der Waals surface area contributed by atoms with Crippen molar-refractivity contribution in [3.05, 3.63) is 64.7 Å². The van der Waals surface area contributed by atoms with Gasteiger partial charge in [0.05, 0.1) is 12.7 Å². The van der Waals surface area contributed by atoms with Crippen LogP contribution in [0.25, 0.3) is 0 Å². The Morgan fingerprint density at radius 3 is 2.14 bits per heavy atom. The number of halogens is 1. The summed E-state index contributed by atoms with van der Waals surface area (Å²) in [5, 5.41) is 12.5. The third-order valence-corrected chi connectivity index (χ3v) is 14.0. The number of aliphatic hydroxyl groups excluding tert-OH is 1. The molecule has 4 aliphatic rings. The Balaban J connectivity index is 0.00000239. The van der Waals surface area contributed by atoms with E-state index in [1.165, 1.54) is 51.4 Å². The summed E-state index contributed by atoms with van der Waals surface area (Å²) >= 11 is 5.95. The van der Waals surface area contributed by atoms with Crippen LogP contribution in [-0.2, 0) is 9.53 Å². The summed E-state index contributed by atoms with van der Waals surface area (Å²) < 4.78 is 11.7. The summed E-state index contributed by atoms with van der Waals surface area (Å²) in [5.74, 6) is 3.62. The number of unbranched alkanes of at least 4 members (excludes halogenated alkanes) is 1. The van der Waals surface area contributed by atoms with E-state index >= 15 is 0 Å². The molecule has 0 amide bonds. The molecule has 0 radical (unpaired) electrons. The number of hydrogen-bond acceptors (Lipinski definition) is 5. The molecule has 9 unspecified atom stereocenters. The first-order chi connectivity index (χ1) is 23.9. The van der Waals surface area contributed by atoms with Gasteiger partial charge in [-0.15, -0.1) is 0 Å². The number of ketones is 1. The second kappa shape index (κ2) is 16.1. The lowest BCUT2D eigenvalue weighted by Crippen LogP contribution is -2.61. The van der Waals surface area contributed by atoms with Gasteiger partial charge >= 0.3 is 5.97 Å². The van der Waals surface area contributed by atoms with Gasteiger partial charge in [0.25, 0.3) is 0 Å². The van der Waals surface area contributed by atoms with Crippen LogP contribution in [0.5, 0.6) is 5.75 Å². The van der Waals surface area contributed by atoms with Gasteiger partial charge in [-0.25, -0.2) is 4.79 Å². The van der Waals surface area contributed by atoms with E-state index < -0.39 is 5.60 Å². The van der Waals surface area contributed by atoms with Gasteiger partial charge in [-0.05, 0) is 167 Å². The van der Waals surface area contributed by atoms with Crippen LogP contribution in [0, 0.1) is 46.3 Å². The van der Waals surface area contributed by atoms with Crippen molar-refractivity contribution in [3.8, 4) is 5.75 Å². The molecule has 2 aromatic carbocycles. The van der Waals surface area contributed by atoms with Gasteiger partial charge in [-0.1, -0.05) is 65.5 Å². The summed E-state index contributed by atoms with van der Waals surface area (Å²) in [6.45, 7) is 15.3. The minimum absolute atomic E-state index is 0.102. The molecular weight excluding hydrogens is 644 g/mol. The van der Waals surface area contributed by atoms with E-state index in [1.54, 1.807) is 62.4 Å². The number of carbonyl (C=O) groups is 2. The highest BCUT2D eigenvalue weighted by Gasteiger charge is 2.63. The molecule has 4 aliphatic carbocycles. The summed E-state index contributed by atoms with van der Waals surface area (Å²) in [7, 11) is 0. The van der Waals surface area contributed by atoms with Crippen molar-refractivity contribution in [2.24, 2.45) is 46.3 Å². The summed E-state index contributed by atoms with van der Waals surface area (Å²) in [6, 6.07) is 13.6. The first kappa shape index (κ1) is 38.9. The molecule has 1 N–H and O–H groups in total. The van der Waals surface area contributed by atoms with Crippen LogP contribution < -0.4 is 4.74 Å². The highest BCUT2D eigenvalue weighted by molar-refractivity contribution is 6.30. The Morgan fingerprint density at radius 2 is 1.48 bits per heavy atom. The average molecular weight is 707 g/mol. The second-order valence-electron chi connectivity index (χ2n) is 16.6. The Kier molecular flexibility index (Phi) is 12.5. The van der Waals surface area contributed by atoms with Crippen LogP contribution in [0.1, 0.15) is 141 Å². The van der Waals surface area contributed by atoms with Crippen molar-refractivity contribution in [2.45, 2.75) is 137 Å². The van der Waals surface area contributed by atoms with Crippen molar-refractivity contribution in [1.29, 1.82) is 0 Å². The second-order valence-corrected chi connectivity index (χ2v) is 17.1. The maximum Gasteiger partial charge on any atom is 0.349 e. The number of benzene rings is 2. The van der Waals surface area contributed by atoms with Gasteiger partial charge in [0.15, 0.2) is 11.4 Å². The molecule has 9 atom stereocenters. The molecule has 0 spiro atoms. The molecule has 5 nitrogen and oxygen atoms in total. The Morgan fingerprint density at radius 1 is 0.840 bits per heavy atom. The Bertz CT molecular complexity index is 1440. The van der Waals surface area contributed by atoms with Crippen molar-refractivity contribution >= 4 is 23.4 Å². The van der Waals surface area contributed by atoms with E-state index in [2.05, 4.69) is 20.8 Å². The third kappa shape index (κ3) is 7.56. The molecule has 4 fully saturated rings. The predicted octanol–water partition coefficient (Wildman–Crippen LogP) is 11.1. The molecule has 50 heavy (non-hydrogen) atoms. The van der Waals surface area contributed by atoms with Crippen LogP contribution in [0.4, 0.5) is 0 Å². The number of ether oxygens (including phenoxy) is 2. The molecule has 0 heterocycles. The molecule has 276 valence electrons. The lowest BCUT2D eigenvalue weighted by atomic mass is 9.41. The van der Waals surface area contributed by atoms with Gasteiger partial charge in [-0.3, -0.25) is 4.79 Å². The van der Waals surface area contributed by atoms with E-state index in [0.29, 0.717) is 74.8 Å². The van der Waals surface area contributed by atoms with E-state index in [0.717, 1.165) is 25.7 Å². The fourth-order valence-electron chi connectivity index (χ4n) is 11.2. The number of esters is 1. The minimum Gasteiger partial charge on any atom is -0.476 e. The van der Waals surface area contributed by atoms with Crippen molar-refractivity contribution in [1.82, 2.24) is 0 Å². The monoisotopic (exact) mass is 706 g/mol. The highest BCUT2D eigenvalue weighted by Crippen LogP contribution is 2.69. The maximum atomic E-state index is 13.0. The molecule has 0 saturated heterocycles. The Labute approximate surface area is 307 Å². The van der Waals surface area contributed by atoms with Crippen LogP contribution in [0.3, 0.4) is 0 Å². The predicted molar refractivity (Wildman–Crippen MR) is 203 cm³/mol. The average Bonchev–Trinajstić information content (AvgIpc) is 3.45. The van der Waals surface area contributed by atoms with Crippen molar-refractivity contribution in [2.75, 3.05) is 6.61 Å². The topological polar surface area (TPSA) is 72.8 Å². The van der Waals surface area contributed by atoms with E-state index in [1.807, 2.05) is 13.8 Å². The van der Waals surface area contributed by atoms with Crippen molar-refractivity contribution in [3.63, 3.8) is 0 Å². The van der Waals surface area contributed by atoms with E-state index in [9.17, 15) is 14.7 Å². The van der Waals surface area contributed by atoms with E-state index in [4.69, 9.17) is 21.1 Å². The molecule has 6 rings (SSSR count). The lowest BCUT2D eigenvalue weighted by molar-refractivity contribution is -0.193. The number of fused-ring (bicyclic) bond motifs is 5. The van der Waals surface area contributed by atoms with E-state index in [-0.39, 0.29) is 17.9 Å². The van der Waals surface area contributed by atoms with Gasteiger partial charge in [0.1, 0.15) is 5.75 Å². The highest BCUT2D eigenvalue weighted by atomic mass is 35.5. The Hall–Kier alpha value is -2.37. The van der Waals surface area contributed by atoms with Gasteiger partial charge in [-0.2, -0.15) is 0 Å². The first-order valence-corrected chi connectivity index (χ1v) is 20.2. The lowest BCUT2D eigenvalue weighted by Gasteiger charge is -2.64. The number of aliphatic hydroxyl groups is 1. The summed E-state index contributed by atoms with van der Waals surface area (Å²) in [6.07, 6.45) is 14.5. The fraction of sp³-hybridized carbons (Fsp3) is 0.682. The van der Waals surface area contributed by atoms with Gasteiger partial charge in [0.2, 0.25) is 0 Å². The number of carbonyl (C=O) groups excluding carboxylic acids is 2. The molecule has 6 heteroatoms. The SMILES string of the molecule is CC.CCC1C(O)C2C3CCC(CCCCOC(=O)C(C)(C)Oc4ccc(C(=O)c5ccc(Cl)cc5)cc4)C3(C)CCC2C2(C)CCCCC12. The molecule has 4 saturated carbocycles.